The maximum atomic E-state index is 5.61. The van der Waals surface area contributed by atoms with E-state index in [1.165, 1.54) is 0 Å². The number of aromatic nitrogens is 1. The number of nitrogens with zero attached hydrogens (tertiary/aromatic N) is 1. The highest BCUT2D eigenvalue weighted by Gasteiger charge is 1.97. The van der Waals surface area contributed by atoms with Crippen molar-refractivity contribution in [3.63, 3.8) is 0 Å². The Morgan fingerprint density at radius 2 is 1.94 bits per heavy atom. The van der Waals surface area contributed by atoms with E-state index in [9.17, 15) is 0 Å². The molecule has 1 heterocycles. The van der Waals surface area contributed by atoms with Gasteiger partial charge in [0.25, 0.3) is 0 Å². The van der Waals surface area contributed by atoms with Gasteiger partial charge in [0.1, 0.15) is 6.61 Å². The van der Waals surface area contributed by atoms with Crippen molar-refractivity contribution in [2.45, 2.75) is 13.5 Å². The van der Waals surface area contributed by atoms with Crippen LogP contribution in [0.2, 0.25) is 0 Å². The summed E-state index contributed by atoms with van der Waals surface area (Å²) in [5.74, 6) is 0.665. The summed E-state index contributed by atoms with van der Waals surface area (Å²) in [6.07, 6.45) is 1.83. The minimum Gasteiger partial charge on any atom is -0.473 e. The van der Waals surface area contributed by atoms with E-state index in [4.69, 9.17) is 4.74 Å². The molecule has 0 amide bonds. The zero-order valence-electron chi connectivity index (χ0n) is 9.89. The molecule has 0 N–H and O–H groups in total. The lowest BCUT2D eigenvalue weighted by molar-refractivity contribution is 0.293. The first kappa shape index (κ1) is 11.4. The first-order valence-electron chi connectivity index (χ1n) is 5.56. The SMILES string of the molecule is C=Cc1ccc(COc2cccc(C)n2)cc1. The van der Waals surface area contributed by atoms with Crippen LogP contribution in [-0.2, 0) is 6.61 Å². The third kappa shape index (κ3) is 3.18. The Balaban J connectivity index is 1.99. The number of pyridine rings is 1. The molecule has 0 bridgehead atoms. The molecule has 2 heteroatoms. The van der Waals surface area contributed by atoms with Crippen LogP contribution in [0.15, 0.2) is 49.0 Å². The first-order chi connectivity index (χ1) is 8.28. The lowest BCUT2D eigenvalue weighted by Crippen LogP contribution is -1.97. The van der Waals surface area contributed by atoms with Crippen molar-refractivity contribution in [3.05, 3.63) is 65.9 Å². The summed E-state index contributed by atoms with van der Waals surface area (Å²) in [5, 5.41) is 0. The van der Waals surface area contributed by atoms with Gasteiger partial charge in [0, 0.05) is 11.8 Å². The van der Waals surface area contributed by atoms with E-state index in [1.807, 2.05) is 55.5 Å². The molecule has 0 aliphatic heterocycles. The molecule has 0 radical (unpaired) electrons. The van der Waals surface area contributed by atoms with Crippen LogP contribution in [0.3, 0.4) is 0 Å². The van der Waals surface area contributed by atoms with Crippen LogP contribution in [0.25, 0.3) is 6.08 Å². The van der Waals surface area contributed by atoms with E-state index in [-0.39, 0.29) is 0 Å². The fraction of sp³-hybridized carbons (Fsp3) is 0.133. The maximum absolute atomic E-state index is 5.61. The Hall–Kier alpha value is -2.09. The molecule has 0 saturated carbocycles. The highest BCUT2D eigenvalue weighted by atomic mass is 16.5. The third-order valence-electron chi connectivity index (χ3n) is 2.46. The topological polar surface area (TPSA) is 22.1 Å². The summed E-state index contributed by atoms with van der Waals surface area (Å²) in [4.78, 5) is 4.28. The van der Waals surface area contributed by atoms with Crippen molar-refractivity contribution in [1.82, 2.24) is 4.98 Å². The Bertz CT molecular complexity index is 503. The largest absolute Gasteiger partial charge is 0.473 e. The molecule has 0 aliphatic rings. The second-order valence-corrected chi connectivity index (χ2v) is 3.85. The van der Waals surface area contributed by atoms with E-state index in [0.29, 0.717) is 12.5 Å². The quantitative estimate of drug-likeness (QED) is 0.793. The van der Waals surface area contributed by atoms with Crippen molar-refractivity contribution in [2.75, 3.05) is 0 Å². The molecule has 1 aromatic carbocycles. The van der Waals surface area contributed by atoms with Crippen LogP contribution in [0, 0.1) is 6.92 Å². The smallest absolute Gasteiger partial charge is 0.213 e. The molecule has 1 aromatic heterocycles. The molecular weight excluding hydrogens is 210 g/mol. The van der Waals surface area contributed by atoms with Crippen LogP contribution in [0.1, 0.15) is 16.8 Å². The monoisotopic (exact) mass is 225 g/mol. The summed E-state index contributed by atoms with van der Waals surface area (Å²) >= 11 is 0. The summed E-state index contributed by atoms with van der Waals surface area (Å²) < 4.78 is 5.61. The molecule has 2 nitrogen and oxygen atoms in total. The van der Waals surface area contributed by atoms with Crippen molar-refractivity contribution in [2.24, 2.45) is 0 Å². The molecule has 2 rings (SSSR count). The van der Waals surface area contributed by atoms with E-state index in [2.05, 4.69) is 11.6 Å². The molecule has 0 saturated heterocycles. The molecule has 0 spiro atoms. The van der Waals surface area contributed by atoms with Gasteiger partial charge >= 0.3 is 0 Å². The van der Waals surface area contributed by atoms with Gasteiger partial charge < -0.3 is 4.74 Å². The van der Waals surface area contributed by atoms with Crippen LogP contribution >= 0.6 is 0 Å². The number of benzene rings is 1. The minimum atomic E-state index is 0.536. The standard InChI is InChI=1S/C15H15NO/c1-3-13-7-9-14(10-8-13)11-17-15-6-4-5-12(2)16-15/h3-10H,1,11H2,2H3. The highest BCUT2D eigenvalue weighted by Crippen LogP contribution is 2.11. The molecule has 0 atom stereocenters. The molecular formula is C15H15NO. The van der Waals surface area contributed by atoms with E-state index in [0.717, 1.165) is 16.8 Å². The van der Waals surface area contributed by atoms with E-state index < -0.39 is 0 Å². The van der Waals surface area contributed by atoms with Gasteiger partial charge in [0.2, 0.25) is 5.88 Å². The molecule has 0 fully saturated rings. The predicted octanol–water partition coefficient (Wildman–Crippen LogP) is 3.61. The number of hydrogen-bond donors (Lipinski definition) is 0. The van der Waals surface area contributed by atoms with Crippen molar-refractivity contribution < 1.29 is 4.74 Å². The second-order valence-electron chi connectivity index (χ2n) is 3.85. The molecule has 86 valence electrons. The summed E-state index contributed by atoms with van der Waals surface area (Å²) in [7, 11) is 0. The fourth-order valence-electron chi connectivity index (χ4n) is 1.51. The Morgan fingerprint density at radius 3 is 2.59 bits per heavy atom. The first-order valence-corrected chi connectivity index (χ1v) is 5.56. The number of hydrogen-bond acceptors (Lipinski definition) is 2. The van der Waals surface area contributed by atoms with Gasteiger partial charge in [0.05, 0.1) is 0 Å². The summed E-state index contributed by atoms with van der Waals surface area (Å²) in [6.45, 7) is 6.21. The number of aryl methyl sites for hydroxylation is 1. The van der Waals surface area contributed by atoms with Gasteiger partial charge in [-0.3, -0.25) is 0 Å². The van der Waals surface area contributed by atoms with Gasteiger partial charge in [0.15, 0.2) is 0 Å². The van der Waals surface area contributed by atoms with Crippen LogP contribution in [-0.4, -0.2) is 4.98 Å². The zero-order chi connectivity index (χ0) is 12.1. The van der Waals surface area contributed by atoms with Crippen LogP contribution < -0.4 is 4.74 Å². The molecule has 0 unspecified atom stereocenters. The zero-order valence-corrected chi connectivity index (χ0v) is 9.89. The number of rotatable bonds is 4. The normalized spacial score (nSPS) is 9.94. The van der Waals surface area contributed by atoms with Crippen molar-refractivity contribution in [1.29, 1.82) is 0 Å². The summed E-state index contributed by atoms with van der Waals surface area (Å²) in [6, 6.07) is 13.9. The summed E-state index contributed by atoms with van der Waals surface area (Å²) in [5.41, 5.74) is 3.20. The van der Waals surface area contributed by atoms with E-state index in [1.54, 1.807) is 0 Å². The van der Waals surface area contributed by atoms with Crippen LogP contribution in [0.4, 0.5) is 0 Å². The van der Waals surface area contributed by atoms with Gasteiger partial charge in [-0.05, 0) is 24.1 Å². The molecule has 17 heavy (non-hydrogen) atoms. The van der Waals surface area contributed by atoms with Crippen molar-refractivity contribution in [3.8, 4) is 5.88 Å². The van der Waals surface area contributed by atoms with Gasteiger partial charge in [-0.25, -0.2) is 4.98 Å². The average molecular weight is 225 g/mol. The highest BCUT2D eigenvalue weighted by molar-refractivity contribution is 5.47. The lowest BCUT2D eigenvalue weighted by Gasteiger charge is -2.06. The van der Waals surface area contributed by atoms with Gasteiger partial charge in [-0.15, -0.1) is 0 Å². The predicted molar refractivity (Wildman–Crippen MR) is 69.8 cm³/mol. The average Bonchev–Trinajstić information content (AvgIpc) is 2.37. The minimum absolute atomic E-state index is 0.536. The third-order valence-corrected chi connectivity index (χ3v) is 2.46. The van der Waals surface area contributed by atoms with Gasteiger partial charge in [-0.1, -0.05) is 43.0 Å². The lowest BCUT2D eigenvalue weighted by atomic mass is 10.1. The second kappa shape index (κ2) is 5.30. The van der Waals surface area contributed by atoms with Crippen molar-refractivity contribution >= 4 is 6.08 Å². The van der Waals surface area contributed by atoms with Gasteiger partial charge in [-0.2, -0.15) is 0 Å². The van der Waals surface area contributed by atoms with Crippen LogP contribution in [0.5, 0.6) is 5.88 Å². The Morgan fingerprint density at radius 1 is 1.18 bits per heavy atom. The Labute approximate surface area is 102 Å². The Kier molecular flexibility index (Phi) is 3.55. The number of ether oxygens (including phenoxy) is 1. The van der Waals surface area contributed by atoms with E-state index >= 15 is 0 Å². The molecule has 0 aliphatic carbocycles. The fourth-order valence-corrected chi connectivity index (χ4v) is 1.51. The maximum Gasteiger partial charge on any atom is 0.213 e. The molecule has 2 aromatic rings.